The average Bonchev–Trinajstić information content (AvgIpc) is 2.75. The molecule has 1 aliphatic rings. The lowest BCUT2D eigenvalue weighted by atomic mass is 9.91. The summed E-state index contributed by atoms with van der Waals surface area (Å²) in [6, 6.07) is 9.96. The molecule has 10 heteroatoms. The van der Waals surface area contributed by atoms with Crippen molar-refractivity contribution >= 4 is 44.2 Å². The van der Waals surface area contributed by atoms with E-state index in [0.717, 1.165) is 10.8 Å². The first-order valence-corrected chi connectivity index (χ1v) is 13.2. The summed E-state index contributed by atoms with van der Waals surface area (Å²) in [5.74, 6) is -0.804. The van der Waals surface area contributed by atoms with E-state index in [9.17, 15) is 23.1 Å². The molecule has 0 aliphatic carbocycles. The van der Waals surface area contributed by atoms with Gasteiger partial charge in [0, 0.05) is 31.1 Å². The summed E-state index contributed by atoms with van der Waals surface area (Å²) in [5, 5.41) is 15.5. The zero-order valence-electron chi connectivity index (χ0n) is 19.6. The summed E-state index contributed by atoms with van der Waals surface area (Å²) < 4.78 is 30.8. The van der Waals surface area contributed by atoms with E-state index >= 15 is 0 Å². The van der Waals surface area contributed by atoms with Crippen molar-refractivity contribution in [3.05, 3.63) is 41.4 Å². The SMILES string of the molecule is CC(C)(C)OC(=O)N1CCC(O)(CNC(=O)CCS(=O)(=O)c2ccc3cc(Cl)ccc3c2)CC1. The summed E-state index contributed by atoms with van der Waals surface area (Å²) in [4.78, 5) is 26.1. The number of hydrogen-bond acceptors (Lipinski definition) is 6. The standard InChI is InChI=1S/C24H31ClN2O6S/c1-23(2,3)33-22(29)27-11-9-24(30,10-12-27)16-26-21(28)8-13-34(31,32)20-7-5-17-14-19(25)6-4-18(17)15-20/h4-7,14-15,30H,8-13,16H2,1-3H3,(H,26,28). The first-order chi connectivity index (χ1) is 15.8. The zero-order valence-corrected chi connectivity index (χ0v) is 21.2. The smallest absolute Gasteiger partial charge is 0.410 e. The second-order valence-corrected chi connectivity index (χ2v) is 12.2. The van der Waals surface area contributed by atoms with Crippen molar-refractivity contribution in [2.24, 2.45) is 0 Å². The van der Waals surface area contributed by atoms with Crippen LogP contribution in [0.15, 0.2) is 41.3 Å². The Morgan fingerprint density at radius 1 is 1.12 bits per heavy atom. The van der Waals surface area contributed by atoms with Crippen LogP contribution in [0.25, 0.3) is 10.8 Å². The fraction of sp³-hybridized carbons (Fsp3) is 0.500. The maximum atomic E-state index is 12.7. The highest BCUT2D eigenvalue weighted by atomic mass is 35.5. The molecule has 2 aromatic rings. The highest BCUT2D eigenvalue weighted by molar-refractivity contribution is 7.91. The van der Waals surface area contributed by atoms with Gasteiger partial charge in [-0.3, -0.25) is 4.79 Å². The Morgan fingerprint density at radius 2 is 1.74 bits per heavy atom. The summed E-state index contributed by atoms with van der Waals surface area (Å²) in [6.07, 6.45) is -0.0838. The summed E-state index contributed by atoms with van der Waals surface area (Å²) >= 11 is 5.97. The van der Waals surface area contributed by atoms with Crippen LogP contribution in [0.4, 0.5) is 4.79 Å². The van der Waals surface area contributed by atoms with Crippen LogP contribution >= 0.6 is 11.6 Å². The number of aliphatic hydroxyl groups is 1. The third-order valence-corrected chi connectivity index (χ3v) is 7.64. The predicted octanol–water partition coefficient (Wildman–Crippen LogP) is 3.54. The van der Waals surface area contributed by atoms with Gasteiger partial charge in [0.15, 0.2) is 9.84 Å². The van der Waals surface area contributed by atoms with Crippen LogP contribution in [0, 0.1) is 0 Å². The molecule has 0 saturated carbocycles. The highest BCUT2D eigenvalue weighted by Crippen LogP contribution is 2.25. The van der Waals surface area contributed by atoms with Gasteiger partial charge in [-0.15, -0.1) is 0 Å². The van der Waals surface area contributed by atoms with Gasteiger partial charge in [0.25, 0.3) is 0 Å². The van der Waals surface area contributed by atoms with Crippen molar-refractivity contribution in [1.82, 2.24) is 10.2 Å². The molecular formula is C24H31ClN2O6S. The first-order valence-electron chi connectivity index (χ1n) is 11.2. The second kappa shape index (κ2) is 10.1. The maximum Gasteiger partial charge on any atom is 0.410 e. The minimum Gasteiger partial charge on any atom is -0.444 e. The lowest BCUT2D eigenvalue weighted by Gasteiger charge is -2.38. The number of fused-ring (bicyclic) bond motifs is 1. The Morgan fingerprint density at radius 3 is 2.38 bits per heavy atom. The molecule has 3 rings (SSSR count). The molecule has 0 spiro atoms. The van der Waals surface area contributed by atoms with Gasteiger partial charge in [-0.05, 0) is 68.7 Å². The van der Waals surface area contributed by atoms with Gasteiger partial charge in [-0.1, -0.05) is 23.7 Å². The van der Waals surface area contributed by atoms with Crippen LogP contribution in [0.2, 0.25) is 5.02 Å². The van der Waals surface area contributed by atoms with Crippen LogP contribution in [-0.4, -0.2) is 67.0 Å². The van der Waals surface area contributed by atoms with E-state index in [4.69, 9.17) is 16.3 Å². The molecule has 8 nitrogen and oxygen atoms in total. The largest absolute Gasteiger partial charge is 0.444 e. The van der Waals surface area contributed by atoms with Crippen LogP contribution in [-0.2, 0) is 19.4 Å². The monoisotopic (exact) mass is 510 g/mol. The van der Waals surface area contributed by atoms with Crippen LogP contribution < -0.4 is 5.32 Å². The minimum absolute atomic E-state index is 0.00915. The van der Waals surface area contributed by atoms with Crippen LogP contribution in [0.3, 0.4) is 0 Å². The number of halogens is 1. The topological polar surface area (TPSA) is 113 Å². The van der Waals surface area contributed by atoms with E-state index in [1.807, 2.05) is 0 Å². The fourth-order valence-corrected chi connectivity index (χ4v) is 5.15. The van der Waals surface area contributed by atoms with Crippen molar-refractivity contribution in [3.63, 3.8) is 0 Å². The lowest BCUT2D eigenvalue weighted by Crippen LogP contribution is -2.52. The number of hydrogen-bond donors (Lipinski definition) is 2. The molecule has 2 N–H and O–H groups in total. The number of rotatable bonds is 6. The Labute approximate surface area is 205 Å². The maximum absolute atomic E-state index is 12.7. The van der Waals surface area contributed by atoms with Gasteiger partial charge >= 0.3 is 6.09 Å². The number of ether oxygens (including phenoxy) is 1. The van der Waals surface area contributed by atoms with E-state index < -0.39 is 33.0 Å². The third kappa shape index (κ3) is 7.07. The molecule has 0 atom stereocenters. The van der Waals surface area contributed by atoms with E-state index in [0.29, 0.717) is 18.1 Å². The number of amides is 2. The van der Waals surface area contributed by atoms with Crippen molar-refractivity contribution in [2.45, 2.75) is 56.1 Å². The number of sulfone groups is 1. The number of benzene rings is 2. The van der Waals surface area contributed by atoms with Gasteiger partial charge in [-0.2, -0.15) is 0 Å². The first kappa shape index (κ1) is 26.2. The van der Waals surface area contributed by atoms with Gasteiger partial charge in [0.1, 0.15) is 5.60 Å². The Bertz CT molecular complexity index is 1170. The number of carbonyl (C=O) groups excluding carboxylic acids is 2. The average molecular weight is 511 g/mol. The van der Waals surface area contributed by atoms with Crippen LogP contribution in [0.5, 0.6) is 0 Å². The summed E-state index contributed by atoms with van der Waals surface area (Å²) in [7, 11) is -3.66. The number of likely N-dealkylation sites (tertiary alicyclic amines) is 1. The van der Waals surface area contributed by atoms with Crippen molar-refractivity contribution in [1.29, 1.82) is 0 Å². The van der Waals surface area contributed by atoms with Crippen molar-refractivity contribution < 1.29 is 27.9 Å². The van der Waals surface area contributed by atoms with Crippen LogP contribution in [0.1, 0.15) is 40.0 Å². The number of nitrogens with zero attached hydrogens (tertiary/aromatic N) is 1. The van der Waals surface area contributed by atoms with E-state index in [1.165, 1.54) is 11.0 Å². The van der Waals surface area contributed by atoms with Gasteiger partial charge < -0.3 is 20.1 Å². The number of nitrogens with one attached hydrogen (secondary N) is 1. The van der Waals surface area contributed by atoms with Gasteiger partial charge in [-0.25, -0.2) is 13.2 Å². The molecular weight excluding hydrogens is 480 g/mol. The molecule has 1 heterocycles. The molecule has 0 unspecified atom stereocenters. The second-order valence-electron chi connectivity index (χ2n) is 9.69. The summed E-state index contributed by atoms with van der Waals surface area (Å²) in [6.45, 7) is 5.97. The van der Waals surface area contributed by atoms with Gasteiger partial charge in [0.2, 0.25) is 5.91 Å². The molecule has 0 radical (unpaired) electrons. The number of carbonyl (C=O) groups is 2. The molecule has 2 amide bonds. The normalized spacial score (nSPS) is 16.3. The van der Waals surface area contributed by atoms with Crippen molar-refractivity contribution in [2.75, 3.05) is 25.4 Å². The Kier molecular flexibility index (Phi) is 7.79. The molecule has 1 saturated heterocycles. The molecule has 2 aromatic carbocycles. The Balaban J connectivity index is 1.48. The molecule has 0 bridgehead atoms. The minimum atomic E-state index is -3.66. The zero-order chi connectivity index (χ0) is 25.1. The number of piperidine rings is 1. The summed E-state index contributed by atoms with van der Waals surface area (Å²) in [5.41, 5.74) is -1.76. The highest BCUT2D eigenvalue weighted by Gasteiger charge is 2.35. The van der Waals surface area contributed by atoms with E-state index in [-0.39, 0.29) is 36.5 Å². The quantitative estimate of drug-likeness (QED) is 0.614. The van der Waals surface area contributed by atoms with E-state index in [1.54, 1.807) is 51.1 Å². The predicted molar refractivity (Wildman–Crippen MR) is 131 cm³/mol. The molecule has 1 aliphatic heterocycles. The molecule has 186 valence electrons. The van der Waals surface area contributed by atoms with E-state index in [2.05, 4.69) is 5.32 Å². The molecule has 1 fully saturated rings. The van der Waals surface area contributed by atoms with Gasteiger partial charge in [0.05, 0.1) is 16.2 Å². The Hall–Kier alpha value is -2.36. The van der Waals surface area contributed by atoms with Crippen molar-refractivity contribution in [3.8, 4) is 0 Å². The fourth-order valence-electron chi connectivity index (χ4n) is 3.69. The molecule has 34 heavy (non-hydrogen) atoms. The molecule has 0 aromatic heterocycles. The lowest BCUT2D eigenvalue weighted by molar-refractivity contribution is -0.122. The third-order valence-electron chi connectivity index (χ3n) is 5.69.